The van der Waals surface area contributed by atoms with Crippen molar-refractivity contribution >= 4 is 16.9 Å². The van der Waals surface area contributed by atoms with E-state index < -0.39 is 0 Å². The van der Waals surface area contributed by atoms with E-state index >= 15 is 0 Å². The van der Waals surface area contributed by atoms with Crippen molar-refractivity contribution in [2.75, 3.05) is 7.11 Å². The zero-order chi connectivity index (χ0) is 15.4. The maximum absolute atomic E-state index is 11.9. The molecule has 0 saturated heterocycles. The Morgan fingerprint density at radius 2 is 2.10 bits per heavy atom. The number of nitrogens with one attached hydrogen (secondary N) is 1. The van der Waals surface area contributed by atoms with E-state index in [1.807, 2.05) is 31.2 Å². The summed E-state index contributed by atoms with van der Waals surface area (Å²) in [6.45, 7) is 6.66. The fourth-order valence-electron chi connectivity index (χ4n) is 2.53. The third-order valence-corrected chi connectivity index (χ3v) is 4.07. The summed E-state index contributed by atoms with van der Waals surface area (Å²) in [5.74, 6) is 0.891. The predicted molar refractivity (Wildman–Crippen MR) is 83.0 cm³/mol. The molecule has 0 aliphatic rings. The summed E-state index contributed by atoms with van der Waals surface area (Å²) in [5, 5.41) is 4.41. The van der Waals surface area contributed by atoms with Crippen molar-refractivity contribution in [2.45, 2.75) is 39.8 Å². The zero-order valence-corrected chi connectivity index (χ0v) is 13.1. The van der Waals surface area contributed by atoms with Crippen molar-refractivity contribution in [3.63, 3.8) is 0 Å². The van der Waals surface area contributed by atoms with E-state index in [1.54, 1.807) is 0 Å². The largest absolute Gasteiger partial charge is 0.468 e. The van der Waals surface area contributed by atoms with Gasteiger partial charge in [-0.05, 0) is 18.9 Å². The first-order chi connectivity index (χ1) is 10.1. The quantitative estimate of drug-likeness (QED) is 0.828. The maximum Gasteiger partial charge on any atom is 0.323 e. The lowest BCUT2D eigenvalue weighted by atomic mass is 9.98. The summed E-state index contributed by atoms with van der Waals surface area (Å²) >= 11 is 0. The van der Waals surface area contributed by atoms with Crippen molar-refractivity contribution < 1.29 is 13.9 Å². The molecule has 0 saturated carbocycles. The fraction of sp³-hybridized carbons (Fsp3) is 0.471. The number of methoxy groups -OCH3 is 1. The predicted octanol–water partition coefficient (Wildman–Crippen LogP) is 3.42. The molecule has 1 aromatic carbocycles. The van der Waals surface area contributed by atoms with Crippen LogP contribution in [0, 0.1) is 12.8 Å². The topological polar surface area (TPSA) is 51.5 Å². The van der Waals surface area contributed by atoms with Crippen LogP contribution in [0.4, 0.5) is 0 Å². The van der Waals surface area contributed by atoms with Crippen LogP contribution in [0.2, 0.25) is 0 Å². The molecule has 0 radical (unpaired) electrons. The highest BCUT2D eigenvalue weighted by atomic mass is 16.5. The number of hydrogen-bond donors (Lipinski definition) is 1. The van der Waals surface area contributed by atoms with Gasteiger partial charge in [-0.25, -0.2) is 0 Å². The lowest BCUT2D eigenvalue weighted by molar-refractivity contribution is -0.144. The first kappa shape index (κ1) is 15.6. The standard InChI is InChI=1S/C17H23NO3/c1-5-11(2)16(17(19)20-4)18-10-14-12(3)21-15-9-7-6-8-13(14)15/h6-9,11,16,18H,5,10H2,1-4H3. The van der Waals surface area contributed by atoms with E-state index in [2.05, 4.69) is 19.2 Å². The van der Waals surface area contributed by atoms with Gasteiger partial charge in [0.15, 0.2) is 0 Å². The monoisotopic (exact) mass is 289 g/mol. The first-order valence-electron chi connectivity index (χ1n) is 7.36. The highest BCUT2D eigenvalue weighted by Crippen LogP contribution is 2.25. The normalized spacial score (nSPS) is 14.1. The second kappa shape index (κ2) is 6.76. The van der Waals surface area contributed by atoms with Crippen molar-refractivity contribution in [2.24, 2.45) is 5.92 Å². The van der Waals surface area contributed by atoms with E-state index in [1.165, 1.54) is 7.11 Å². The number of aryl methyl sites for hydroxylation is 1. The Balaban J connectivity index is 2.19. The molecule has 4 nitrogen and oxygen atoms in total. The lowest BCUT2D eigenvalue weighted by Crippen LogP contribution is -2.42. The molecule has 1 aromatic heterocycles. The van der Waals surface area contributed by atoms with Crippen molar-refractivity contribution in [1.82, 2.24) is 5.32 Å². The third-order valence-electron chi connectivity index (χ3n) is 4.07. The van der Waals surface area contributed by atoms with Crippen LogP contribution in [0.1, 0.15) is 31.6 Å². The molecule has 2 aromatic rings. The molecule has 1 N–H and O–H groups in total. The van der Waals surface area contributed by atoms with E-state index in [9.17, 15) is 4.79 Å². The van der Waals surface area contributed by atoms with Gasteiger partial charge in [0.1, 0.15) is 17.4 Å². The zero-order valence-electron chi connectivity index (χ0n) is 13.1. The number of hydrogen-bond acceptors (Lipinski definition) is 4. The molecule has 2 atom stereocenters. The van der Waals surface area contributed by atoms with E-state index in [0.717, 1.165) is 28.7 Å². The molecular formula is C17H23NO3. The molecule has 21 heavy (non-hydrogen) atoms. The van der Waals surface area contributed by atoms with Crippen molar-refractivity contribution in [1.29, 1.82) is 0 Å². The summed E-state index contributed by atoms with van der Waals surface area (Å²) in [7, 11) is 1.43. The van der Waals surface area contributed by atoms with Crippen LogP contribution in [0.3, 0.4) is 0 Å². The molecule has 0 bridgehead atoms. The minimum Gasteiger partial charge on any atom is -0.468 e. The van der Waals surface area contributed by atoms with Crippen LogP contribution in [-0.2, 0) is 16.1 Å². The first-order valence-corrected chi connectivity index (χ1v) is 7.36. The number of rotatable bonds is 6. The number of carbonyl (C=O) groups is 1. The van der Waals surface area contributed by atoms with Crippen molar-refractivity contribution in [3.05, 3.63) is 35.6 Å². The molecule has 0 amide bonds. The van der Waals surface area contributed by atoms with Crippen LogP contribution in [0.15, 0.2) is 28.7 Å². The number of carbonyl (C=O) groups excluding carboxylic acids is 1. The van der Waals surface area contributed by atoms with Crippen LogP contribution < -0.4 is 5.32 Å². The van der Waals surface area contributed by atoms with Crippen LogP contribution in [0.5, 0.6) is 0 Å². The Hall–Kier alpha value is -1.81. The second-order valence-electron chi connectivity index (χ2n) is 5.40. The van der Waals surface area contributed by atoms with Gasteiger partial charge in [-0.2, -0.15) is 0 Å². The van der Waals surface area contributed by atoms with Gasteiger partial charge in [0.2, 0.25) is 0 Å². The third kappa shape index (κ3) is 3.27. The second-order valence-corrected chi connectivity index (χ2v) is 5.40. The van der Waals surface area contributed by atoms with Gasteiger partial charge in [-0.1, -0.05) is 38.5 Å². The Labute approximate surface area is 125 Å². The summed E-state index contributed by atoms with van der Waals surface area (Å²) in [5.41, 5.74) is 1.98. The van der Waals surface area contributed by atoms with E-state index in [-0.39, 0.29) is 17.9 Å². The SMILES string of the molecule is CCC(C)C(NCc1c(C)oc2ccccc12)C(=O)OC. The van der Waals surface area contributed by atoms with Gasteiger partial charge < -0.3 is 9.15 Å². The molecule has 0 aliphatic heterocycles. The van der Waals surface area contributed by atoms with E-state index in [4.69, 9.17) is 9.15 Å². The number of esters is 1. The molecule has 2 rings (SSSR count). The van der Waals surface area contributed by atoms with Gasteiger partial charge in [0.05, 0.1) is 7.11 Å². The maximum atomic E-state index is 11.9. The van der Waals surface area contributed by atoms with Gasteiger partial charge in [-0.3, -0.25) is 10.1 Å². The minimum absolute atomic E-state index is 0.213. The van der Waals surface area contributed by atoms with Gasteiger partial charge >= 0.3 is 5.97 Å². The van der Waals surface area contributed by atoms with Crippen molar-refractivity contribution in [3.8, 4) is 0 Å². The van der Waals surface area contributed by atoms with Crippen LogP contribution >= 0.6 is 0 Å². The number of furan rings is 1. The lowest BCUT2D eigenvalue weighted by Gasteiger charge is -2.21. The molecule has 4 heteroatoms. The number of ether oxygens (including phenoxy) is 1. The molecule has 0 aliphatic carbocycles. The number of benzene rings is 1. The summed E-state index contributed by atoms with van der Waals surface area (Å²) in [6, 6.07) is 7.65. The van der Waals surface area contributed by atoms with Crippen LogP contribution in [-0.4, -0.2) is 19.1 Å². The summed E-state index contributed by atoms with van der Waals surface area (Å²) in [6.07, 6.45) is 0.915. The molecule has 1 heterocycles. The fourth-order valence-corrected chi connectivity index (χ4v) is 2.53. The summed E-state index contributed by atoms with van der Waals surface area (Å²) in [4.78, 5) is 11.9. The smallest absolute Gasteiger partial charge is 0.323 e. The molecular weight excluding hydrogens is 266 g/mol. The molecule has 0 spiro atoms. The average molecular weight is 289 g/mol. The molecule has 2 unspecified atom stereocenters. The van der Waals surface area contributed by atoms with Gasteiger partial charge in [0.25, 0.3) is 0 Å². The molecule has 0 fully saturated rings. The Bertz CT molecular complexity index is 618. The highest BCUT2D eigenvalue weighted by Gasteiger charge is 2.25. The molecule has 114 valence electrons. The average Bonchev–Trinajstić information content (AvgIpc) is 2.82. The Morgan fingerprint density at radius 3 is 2.76 bits per heavy atom. The van der Waals surface area contributed by atoms with Crippen LogP contribution in [0.25, 0.3) is 11.0 Å². The number of fused-ring (bicyclic) bond motifs is 1. The summed E-state index contributed by atoms with van der Waals surface area (Å²) < 4.78 is 10.6. The van der Waals surface area contributed by atoms with Gasteiger partial charge in [0, 0.05) is 17.5 Å². The Morgan fingerprint density at radius 1 is 1.38 bits per heavy atom. The highest BCUT2D eigenvalue weighted by molar-refractivity contribution is 5.82. The Kier molecular flexibility index (Phi) is 5.02. The van der Waals surface area contributed by atoms with Gasteiger partial charge in [-0.15, -0.1) is 0 Å². The number of para-hydroxylation sites is 1. The minimum atomic E-state index is -0.298. The van der Waals surface area contributed by atoms with E-state index in [0.29, 0.717) is 6.54 Å².